The molecule has 0 saturated heterocycles. The minimum absolute atomic E-state index is 0.209. The van der Waals surface area contributed by atoms with Crippen molar-refractivity contribution in [1.29, 1.82) is 0 Å². The molecule has 24 heavy (non-hydrogen) atoms. The van der Waals surface area contributed by atoms with Gasteiger partial charge in [0.15, 0.2) is 11.6 Å². The largest absolute Gasteiger partial charge is 0.431 e. The first-order valence-electron chi connectivity index (χ1n) is 7.14. The average molecular weight is 364 g/mol. The number of rotatable bonds is 5. The molecule has 6 nitrogen and oxygen atoms in total. The molecule has 0 aliphatic rings. The van der Waals surface area contributed by atoms with Crippen molar-refractivity contribution in [2.75, 3.05) is 5.32 Å². The summed E-state index contributed by atoms with van der Waals surface area (Å²) in [4.78, 5) is 16.3. The zero-order valence-electron chi connectivity index (χ0n) is 12.9. The molecule has 2 heterocycles. The maximum absolute atomic E-state index is 12.1. The highest BCUT2D eigenvalue weighted by Gasteiger charge is 2.19. The molecule has 3 rings (SSSR count). The number of anilines is 1. The predicted octanol–water partition coefficient (Wildman–Crippen LogP) is 4.41. The quantitative estimate of drug-likeness (QED) is 0.676. The molecule has 0 radical (unpaired) electrons. The van der Waals surface area contributed by atoms with Gasteiger partial charge in [-0.3, -0.25) is 4.79 Å². The monoisotopic (exact) mass is 363 g/mol. The molecule has 1 N–H and O–H groups in total. The van der Waals surface area contributed by atoms with Crippen molar-refractivity contribution in [1.82, 2.24) is 10.1 Å². The third-order valence-electron chi connectivity index (χ3n) is 3.14. The zero-order valence-corrected chi connectivity index (χ0v) is 14.5. The Morgan fingerprint density at radius 1 is 1.33 bits per heavy atom. The van der Waals surface area contributed by atoms with Crippen LogP contribution in [0.15, 0.2) is 50.7 Å². The Hall–Kier alpha value is -2.25. The number of halogens is 1. The summed E-state index contributed by atoms with van der Waals surface area (Å²) in [5, 5.41) is 7.07. The summed E-state index contributed by atoms with van der Waals surface area (Å²) in [6, 6.07) is 8.91. The number of carbonyl (C=O) groups excluding carboxylic acids is 1. The Morgan fingerprint density at radius 3 is 2.75 bits per heavy atom. The minimum atomic E-state index is -0.404. The number of hydrogen-bond donors (Lipinski definition) is 1. The van der Waals surface area contributed by atoms with Crippen LogP contribution in [0.1, 0.15) is 12.7 Å². The molecule has 124 valence electrons. The number of nitrogens with zero attached hydrogens (tertiary/aromatic N) is 2. The van der Waals surface area contributed by atoms with Crippen LogP contribution in [0.25, 0.3) is 11.3 Å². The van der Waals surface area contributed by atoms with E-state index in [1.807, 2.05) is 12.1 Å². The highest BCUT2D eigenvalue weighted by molar-refractivity contribution is 8.00. The zero-order chi connectivity index (χ0) is 17.1. The van der Waals surface area contributed by atoms with E-state index in [2.05, 4.69) is 15.5 Å². The lowest BCUT2D eigenvalue weighted by Crippen LogP contribution is -2.22. The first kappa shape index (κ1) is 16.6. The van der Waals surface area contributed by atoms with Crippen LogP contribution in [0.3, 0.4) is 0 Å². The Balaban J connectivity index is 1.63. The third kappa shape index (κ3) is 3.98. The van der Waals surface area contributed by atoms with E-state index in [4.69, 9.17) is 20.5 Å². The molecule has 0 spiro atoms. The Kier molecular flexibility index (Phi) is 4.92. The molecule has 0 aliphatic carbocycles. The van der Waals surface area contributed by atoms with E-state index < -0.39 is 5.25 Å². The molecule has 1 aromatic carbocycles. The van der Waals surface area contributed by atoms with Crippen LogP contribution in [0.2, 0.25) is 5.02 Å². The molecular formula is C16H14ClN3O3S. The first-order chi connectivity index (χ1) is 11.5. The molecule has 0 aliphatic heterocycles. The number of nitrogens with one attached hydrogen (secondary N) is 1. The second-order valence-electron chi connectivity index (χ2n) is 5.07. The van der Waals surface area contributed by atoms with Crippen molar-refractivity contribution in [2.45, 2.75) is 24.3 Å². The van der Waals surface area contributed by atoms with Gasteiger partial charge in [0, 0.05) is 16.7 Å². The summed E-state index contributed by atoms with van der Waals surface area (Å²) in [5.74, 6) is 1.43. The molecule has 0 saturated carbocycles. The van der Waals surface area contributed by atoms with E-state index in [-0.39, 0.29) is 5.91 Å². The second kappa shape index (κ2) is 7.11. The molecule has 2 aromatic heterocycles. The number of aryl methyl sites for hydroxylation is 1. The fourth-order valence-corrected chi connectivity index (χ4v) is 2.76. The number of oxazole rings is 1. The predicted molar refractivity (Wildman–Crippen MR) is 92.1 cm³/mol. The lowest BCUT2D eigenvalue weighted by atomic mass is 10.2. The van der Waals surface area contributed by atoms with Gasteiger partial charge in [-0.2, -0.15) is 0 Å². The molecule has 0 bridgehead atoms. The smallest absolute Gasteiger partial charge is 0.256 e. The number of amides is 1. The maximum atomic E-state index is 12.1. The van der Waals surface area contributed by atoms with Crippen molar-refractivity contribution in [3.8, 4) is 11.3 Å². The Bertz CT molecular complexity index is 844. The topological polar surface area (TPSA) is 81.2 Å². The van der Waals surface area contributed by atoms with Gasteiger partial charge in [0.2, 0.25) is 5.91 Å². The van der Waals surface area contributed by atoms with Crippen LogP contribution in [0.5, 0.6) is 0 Å². The Morgan fingerprint density at radius 2 is 2.08 bits per heavy atom. The van der Waals surface area contributed by atoms with E-state index in [0.717, 1.165) is 5.56 Å². The van der Waals surface area contributed by atoms with Gasteiger partial charge in [0.05, 0.1) is 11.4 Å². The average Bonchev–Trinajstić information content (AvgIpc) is 3.17. The van der Waals surface area contributed by atoms with Crippen LogP contribution < -0.4 is 5.32 Å². The van der Waals surface area contributed by atoms with Crippen molar-refractivity contribution in [3.63, 3.8) is 0 Å². The van der Waals surface area contributed by atoms with E-state index >= 15 is 0 Å². The van der Waals surface area contributed by atoms with E-state index in [9.17, 15) is 4.79 Å². The molecule has 0 unspecified atom stereocenters. The fourth-order valence-electron chi connectivity index (χ4n) is 1.92. The van der Waals surface area contributed by atoms with E-state index in [1.165, 1.54) is 11.8 Å². The SMILES string of the molecule is Cc1cc(NC(=O)[C@H](C)Sc2ncc(-c3ccc(Cl)cc3)o2)no1. The van der Waals surface area contributed by atoms with E-state index in [1.54, 1.807) is 38.2 Å². The number of carbonyl (C=O) groups is 1. The molecule has 0 fully saturated rings. The van der Waals surface area contributed by atoms with Gasteiger partial charge in [0.1, 0.15) is 5.76 Å². The summed E-state index contributed by atoms with van der Waals surface area (Å²) in [6.07, 6.45) is 1.62. The highest BCUT2D eigenvalue weighted by atomic mass is 35.5. The van der Waals surface area contributed by atoms with Crippen molar-refractivity contribution >= 4 is 35.1 Å². The number of thioether (sulfide) groups is 1. The summed E-state index contributed by atoms with van der Waals surface area (Å²) in [7, 11) is 0. The summed E-state index contributed by atoms with van der Waals surface area (Å²) in [5.41, 5.74) is 0.869. The van der Waals surface area contributed by atoms with Crippen LogP contribution in [-0.2, 0) is 4.79 Å². The van der Waals surface area contributed by atoms with Gasteiger partial charge >= 0.3 is 0 Å². The number of aromatic nitrogens is 2. The lowest BCUT2D eigenvalue weighted by Gasteiger charge is -2.07. The van der Waals surface area contributed by atoms with Crippen LogP contribution in [0, 0.1) is 6.92 Å². The lowest BCUT2D eigenvalue weighted by molar-refractivity contribution is -0.115. The highest BCUT2D eigenvalue weighted by Crippen LogP contribution is 2.29. The molecule has 1 amide bonds. The van der Waals surface area contributed by atoms with Gasteiger partial charge < -0.3 is 14.3 Å². The molecule has 8 heteroatoms. The van der Waals surface area contributed by atoms with Gasteiger partial charge in [0.25, 0.3) is 5.22 Å². The van der Waals surface area contributed by atoms with Crippen LogP contribution in [-0.4, -0.2) is 21.3 Å². The second-order valence-corrected chi connectivity index (χ2v) is 6.80. The Labute approximate surface area is 147 Å². The van der Waals surface area contributed by atoms with E-state index in [0.29, 0.717) is 27.6 Å². The van der Waals surface area contributed by atoms with Crippen molar-refractivity contribution in [3.05, 3.63) is 47.3 Å². The van der Waals surface area contributed by atoms with Gasteiger partial charge in [-0.1, -0.05) is 28.5 Å². The van der Waals surface area contributed by atoms with Gasteiger partial charge in [-0.25, -0.2) is 4.98 Å². The first-order valence-corrected chi connectivity index (χ1v) is 8.39. The van der Waals surface area contributed by atoms with Crippen LogP contribution in [0.4, 0.5) is 5.82 Å². The molecule has 1 atom stereocenters. The number of hydrogen-bond acceptors (Lipinski definition) is 6. The summed E-state index contributed by atoms with van der Waals surface area (Å²) < 4.78 is 10.6. The van der Waals surface area contributed by atoms with Gasteiger partial charge in [-0.15, -0.1) is 0 Å². The normalized spacial score (nSPS) is 12.1. The summed E-state index contributed by atoms with van der Waals surface area (Å²) >= 11 is 7.09. The number of benzene rings is 1. The van der Waals surface area contributed by atoms with Gasteiger partial charge in [-0.05, 0) is 38.1 Å². The van der Waals surface area contributed by atoms with Crippen molar-refractivity contribution < 1.29 is 13.7 Å². The fraction of sp³-hybridized carbons (Fsp3) is 0.188. The summed E-state index contributed by atoms with van der Waals surface area (Å²) in [6.45, 7) is 3.52. The third-order valence-corrected chi connectivity index (χ3v) is 4.35. The standard InChI is InChI=1S/C16H14ClN3O3S/c1-9-7-14(20-23-9)19-15(21)10(2)24-16-18-8-13(22-16)11-3-5-12(17)6-4-11/h3-8,10H,1-2H3,(H,19,20,21)/t10-/m0/s1. The van der Waals surface area contributed by atoms with Crippen molar-refractivity contribution in [2.24, 2.45) is 0 Å². The minimum Gasteiger partial charge on any atom is -0.431 e. The molecular weight excluding hydrogens is 350 g/mol. The maximum Gasteiger partial charge on any atom is 0.256 e. The molecule has 3 aromatic rings. The van der Waals surface area contributed by atoms with Crippen LogP contribution >= 0.6 is 23.4 Å².